The molecule has 0 aromatic carbocycles. The van der Waals surface area contributed by atoms with Gasteiger partial charge >= 0.3 is 5.97 Å². The number of carbonyl (C=O) groups is 1. The molecule has 22 heavy (non-hydrogen) atoms. The van der Waals surface area contributed by atoms with Gasteiger partial charge in [-0.05, 0) is 31.4 Å². The molecule has 0 amide bonds. The Labute approximate surface area is 130 Å². The maximum Gasteiger partial charge on any atom is 0.317 e. The van der Waals surface area contributed by atoms with Crippen LogP contribution in [0.5, 0.6) is 0 Å². The summed E-state index contributed by atoms with van der Waals surface area (Å²) in [6.45, 7) is 2.92. The molecule has 1 aromatic heterocycles. The maximum atomic E-state index is 12.0. The number of esters is 1. The first kappa shape index (κ1) is 15.3. The van der Waals surface area contributed by atoms with Crippen molar-refractivity contribution in [2.45, 2.75) is 25.2 Å². The highest BCUT2D eigenvalue weighted by Gasteiger charge is 2.54. The molecule has 1 aliphatic heterocycles. The topological polar surface area (TPSA) is 76.6 Å². The van der Waals surface area contributed by atoms with E-state index in [-0.39, 0.29) is 17.5 Å². The minimum Gasteiger partial charge on any atom is -0.468 e. The fourth-order valence-corrected chi connectivity index (χ4v) is 4.26. The van der Waals surface area contributed by atoms with Crippen molar-refractivity contribution in [3.63, 3.8) is 0 Å². The van der Waals surface area contributed by atoms with Gasteiger partial charge in [0.25, 0.3) is 0 Å². The standard InChI is InChI=1S/C15H20N2O4S/c1-11-9-12(17-5-7-22(19,20)8-6-17)10-16-13(11)15(3-4-15)14(18)21-2/h9-10H,3-8H2,1-2H3. The highest BCUT2D eigenvalue weighted by molar-refractivity contribution is 7.91. The average molecular weight is 324 g/mol. The van der Waals surface area contributed by atoms with E-state index in [0.717, 1.165) is 29.8 Å². The minimum atomic E-state index is -2.89. The van der Waals surface area contributed by atoms with E-state index < -0.39 is 15.3 Å². The van der Waals surface area contributed by atoms with E-state index in [1.807, 2.05) is 17.9 Å². The first-order valence-corrected chi connectivity index (χ1v) is 9.21. The molecule has 2 fully saturated rings. The predicted octanol–water partition coefficient (Wildman–Crippen LogP) is 0.829. The second-order valence-electron chi connectivity index (χ2n) is 6.07. The van der Waals surface area contributed by atoms with Crippen molar-refractivity contribution >= 4 is 21.5 Å². The number of carbonyl (C=O) groups excluding carboxylic acids is 1. The van der Waals surface area contributed by atoms with Gasteiger partial charge in [-0.25, -0.2) is 8.42 Å². The van der Waals surface area contributed by atoms with E-state index in [2.05, 4.69) is 4.98 Å². The van der Waals surface area contributed by atoms with Gasteiger partial charge < -0.3 is 9.64 Å². The van der Waals surface area contributed by atoms with Crippen LogP contribution in [0.4, 0.5) is 5.69 Å². The second kappa shape index (κ2) is 5.22. The molecule has 1 aliphatic carbocycles. The number of anilines is 1. The zero-order valence-corrected chi connectivity index (χ0v) is 13.6. The summed E-state index contributed by atoms with van der Waals surface area (Å²) in [6, 6.07) is 1.99. The van der Waals surface area contributed by atoms with Gasteiger partial charge in [0.15, 0.2) is 9.84 Å². The van der Waals surface area contributed by atoms with E-state index in [1.165, 1.54) is 7.11 Å². The fourth-order valence-electron chi connectivity index (χ4n) is 3.06. The number of ether oxygens (including phenoxy) is 1. The van der Waals surface area contributed by atoms with E-state index in [0.29, 0.717) is 13.1 Å². The number of sulfone groups is 1. The van der Waals surface area contributed by atoms with Crippen molar-refractivity contribution in [1.29, 1.82) is 0 Å². The number of rotatable bonds is 3. The van der Waals surface area contributed by atoms with Gasteiger partial charge in [0.05, 0.1) is 36.2 Å². The molecule has 0 radical (unpaired) electrons. The van der Waals surface area contributed by atoms with Crippen molar-refractivity contribution in [1.82, 2.24) is 4.98 Å². The Morgan fingerprint density at radius 3 is 2.45 bits per heavy atom. The van der Waals surface area contributed by atoms with Crippen molar-refractivity contribution in [3.8, 4) is 0 Å². The molecule has 3 rings (SSSR count). The number of aromatic nitrogens is 1. The van der Waals surface area contributed by atoms with E-state index in [9.17, 15) is 13.2 Å². The quantitative estimate of drug-likeness (QED) is 0.767. The van der Waals surface area contributed by atoms with Gasteiger partial charge in [-0.2, -0.15) is 0 Å². The third-order valence-electron chi connectivity index (χ3n) is 4.55. The zero-order valence-electron chi connectivity index (χ0n) is 12.8. The van der Waals surface area contributed by atoms with Crippen LogP contribution < -0.4 is 4.90 Å². The van der Waals surface area contributed by atoms with Crippen molar-refractivity contribution < 1.29 is 17.9 Å². The second-order valence-corrected chi connectivity index (χ2v) is 8.38. The SMILES string of the molecule is COC(=O)C1(c2ncc(N3CCS(=O)(=O)CC3)cc2C)CC1. The molecule has 2 heterocycles. The Morgan fingerprint density at radius 1 is 1.32 bits per heavy atom. The Balaban J connectivity index is 1.83. The summed E-state index contributed by atoms with van der Waals surface area (Å²) in [5, 5.41) is 0. The van der Waals surface area contributed by atoms with Crippen LogP contribution in [0.2, 0.25) is 0 Å². The Bertz CT molecular complexity index is 696. The lowest BCUT2D eigenvalue weighted by Gasteiger charge is -2.29. The molecule has 120 valence electrons. The van der Waals surface area contributed by atoms with Crippen molar-refractivity contribution in [2.75, 3.05) is 36.6 Å². The maximum absolute atomic E-state index is 12.0. The first-order valence-electron chi connectivity index (χ1n) is 7.39. The third kappa shape index (κ3) is 2.58. The summed E-state index contributed by atoms with van der Waals surface area (Å²) in [5.41, 5.74) is 2.08. The number of nitrogens with zero attached hydrogens (tertiary/aromatic N) is 2. The van der Waals surface area contributed by atoms with Gasteiger partial charge in [0.1, 0.15) is 5.41 Å². The van der Waals surface area contributed by atoms with Crippen LogP contribution in [0.25, 0.3) is 0 Å². The summed E-state index contributed by atoms with van der Waals surface area (Å²) < 4.78 is 27.9. The lowest BCUT2D eigenvalue weighted by atomic mass is 9.97. The van der Waals surface area contributed by atoms with Gasteiger partial charge in [0, 0.05) is 13.1 Å². The molecule has 0 spiro atoms. The average Bonchev–Trinajstić information content (AvgIpc) is 3.28. The van der Waals surface area contributed by atoms with Crippen LogP contribution in [0.3, 0.4) is 0 Å². The number of pyridine rings is 1. The third-order valence-corrected chi connectivity index (χ3v) is 6.16. The molecule has 0 atom stereocenters. The largest absolute Gasteiger partial charge is 0.468 e. The van der Waals surface area contributed by atoms with E-state index in [1.54, 1.807) is 6.20 Å². The highest BCUT2D eigenvalue weighted by Crippen LogP contribution is 2.49. The van der Waals surface area contributed by atoms with Crippen LogP contribution in [0, 0.1) is 6.92 Å². The van der Waals surface area contributed by atoms with E-state index in [4.69, 9.17) is 4.74 Å². The van der Waals surface area contributed by atoms with Gasteiger partial charge in [-0.15, -0.1) is 0 Å². The Kier molecular flexibility index (Phi) is 3.63. The molecular weight excluding hydrogens is 304 g/mol. The molecule has 0 N–H and O–H groups in total. The van der Waals surface area contributed by atoms with Gasteiger partial charge in [-0.3, -0.25) is 9.78 Å². The molecule has 0 bridgehead atoms. The van der Waals surface area contributed by atoms with Gasteiger partial charge in [-0.1, -0.05) is 0 Å². The molecule has 7 heteroatoms. The minimum absolute atomic E-state index is 0.180. The van der Waals surface area contributed by atoms with Crippen LogP contribution >= 0.6 is 0 Å². The number of methoxy groups -OCH3 is 1. The lowest BCUT2D eigenvalue weighted by molar-refractivity contribution is -0.143. The molecule has 6 nitrogen and oxygen atoms in total. The number of hydrogen-bond acceptors (Lipinski definition) is 6. The molecular formula is C15H20N2O4S. The van der Waals surface area contributed by atoms with Crippen LogP contribution in [0.1, 0.15) is 24.1 Å². The number of hydrogen-bond donors (Lipinski definition) is 0. The van der Waals surface area contributed by atoms with Crippen LogP contribution in [-0.4, -0.2) is 51.1 Å². The highest BCUT2D eigenvalue weighted by atomic mass is 32.2. The molecule has 1 saturated carbocycles. The molecule has 0 unspecified atom stereocenters. The number of aryl methyl sites for hydroxylation is 1. The summed E-state index contributed by atoms with van der Waals surface area (Å²) >= 11 is 0. The molecule has 1 saturated heterocycles. The van der Waals surface area contributed by atoms with Crippen LogP contribution in [0.15, 0.2) is 12.3 Å². The van der Waals surface area contributed by atoms with Crippen molar-refractivity contribution in [3.05, 3.63) is 23.5 Å². The van der Waals surface area contributed by atoms with Crippen molar-refractivity contribution in [2.24, 2.45) is 0 Å². The molecule has 1 aromatic rings. The summed E-state index contributed by atoms with van der Waals surface area (Å²) in [5.74, 6) is 0.139. The van der Waals surface area contributed by atoms with Crippen LogP contribution in [-0.2, 0) is 24.8 Å². The summed E-state index contributed by atoms with van der Waals surface area (Å²) in [4.78, 5) is 18.5. The lowest BCUT2D eigenvalue weighted by Crippen LogP contribution is -2.40. The predicted molar refractivity (Wildman–Crippen MR) is 82.8 cm³/mol. The smallest absolute Gasteiger partial charge is 0.317 e. The normalized spacial score (nSPS) is 22.2. The van der Waals surface area contributed by atoms with Gasteiger partial charge in [0.2, 0.25) is 0 Å². The summed E-state index contributed by atoms with van der Waals surface area (Å²) in [7, 11) is -1.49. The first-order chi connectivity index (χ1) is 10.4. The zero-order chi connectivity index (χ0) is 16.0. The Hall–Kier alpha value is -1.63. The molecule has 2 aliphatic rings. The van der Waals surface area contributed by atoms with E-state index >= 15 is 0 Å². The monoisotopic (exact) mass is 324 g/mol. The summed E-state index contributed by atoms with van der Waals surface area (Å²) in [6.07, 6.45) is 3.28. The Morgan fingerprint density at radius 2 is 1.95 bits per heavy atom. The fraction of sp³-hybridized carbons (Fsp3) is 0.600.